The van der Waals surface area contributed by atoms with Gasteiger partial charge >= 0.3 is 12.0 Å². The van der Waals surface area contributed by atoms with Crippen LogP contribution in [0.3, 0.4) is 0 Å². The number of aliphatic carboxylic acids is 1. The second kappa shape index (κ2) is 7.88. The molecule has 0 aromatic carbocycles. The third-order valence-electron chi connectivity index (χ3n) is 2.33. The maximum absolute atomic E-state index is 11.0. The van der Waals surface area contributed by atoms with Gasteiger partial charge in [-0.3, -0.25) is 4.79 Å². The molecule has 1 heterocycles. The molecule has 0 aliphatic heterocycles. The van der Waals surface area contributed by atoms with Crippen molar-refractivity contribution >= 4 is 17.7 Å². The number of aromatic nitrogens is 2. The second-order valence-corrected chi connectivity index (χ2v) is 4.62. The van der Waals surface area contributed by atoms with Gasteiger partial charge in [0, 0.05) is 24.5 Å². The molecule has 1 aromatic heterocycles. The Morgan fingerprint density at radius 2 is 2.22 bits per heavy atom. The quantitative estimate of drug-likeness (QED) is 0.722. The van der Waals surface area contributed by atoms with Crippen LogP contribution >= 0.6 is 11.8 Å². The molecule has 1 rings (SSSR count). The number of methoxy groups -OCH3 is 1. The molecule has 0 saturated carbocycles. The molecule has 0 fully saturated rings. The molecule has 7 heteroatoms. The highest BCUT2D eigenvalue weighted by atomic mass is 32.2. The zero-order valence-electron chi connectivity index (χ0n) is 10.4. The first-order valence-corrected chi connectivity index (χ1v) is 6.86. The molecule has 0 radical (unpaired) electrons. The third-order valence-corrected chi connectivity index (χ3v) is 2.97. The van der Waals surface area contributed by atoms with Crippen molar-refractivity contribution in [1.29, 1.82) is 0 Å². The fourth-order valence-corrected chi connectivity index (χ4v) is 1.80. The molecule has 1 aromatic rings. The number of hydrogen-bond acceptors (Lipinski definition) is 6. The smallest absolute Gasteiger partial charge is 0.320 e. The minimum atomic E-state index is -0.835. The molecule has 6 nitrogen and oxygen atoms in total. The number of carboxylic acids is 1. The van der Waals surface area contributed by atoms with Gasteiger partial charge in [-0.25, -0.2) is 9.97 Å². The summed E-state index contributed by atoms with van der Waals surface area (Å²) in [5, 5.41) is 12.0. The average molecular weight is 271 g/mol. The Bertz CT molecular complexity index is 372. The zero-order chi connectivity index (χ0) is 13.4. The van der Waals surface area contributed by atoms with Crippen molar-refractivity contribution in [2.45, 2.75) is 19.0 Å². The van der Waals surface area contributed by atoms with E-state index >= 15 is 0 Å². The van der Waals surface area contributed by atoms with Crippen LogP contribution in [-0.2, 0) is 11.3 Å². The van der Waals surface area contributed by atoms with Crippen molar-refractivity contribution in [3.63, 3.8) is 0 Å². The van der Waals surface area contributed by atoms with Gasteiger partial charge < -0.3 is 15.2 Å². The van der Waals surface area contributed by atoms with E-state index in [4.69, 9.17) is 9.84 Å². The molecule has 0 amide bonds. The highest BCUT2D eigenvalue weighted by molar-refractivity contribution is 7.98. The Hall–Kier alpha value is -1.34. The first-order chi connectivity index (χ1) is 8.67. The summed E-state index contributed by atoms with van der Waals surface area (Å²) in [5.74, 6) is -0.0261. The number of carbonyl (C=O) groups is 1. The van der Waals surface area contributed by atoms with Crippen molar-refractivity contribution in [1.82, 2.24) is 15.3 Å². The maximum Gasteiger partial charge on any atom is 0.320 e. The van der Waals surface area contributed by atoms with Crippen molar-refractivity contribution < 1.29 is 14.6 Å². The van der Waals surface area contributed by atoms with Crippen molar-refractivity contribution in [2.75, 3.05) is 19.1 Å². The van der Waals surface area contributed by atoms with E-state index in [9.17, 15) is 4.79 Å². The summed E-state index contributed by atoms with van der Waals surface area (Å²) in [6.45, 7) is 0.426. The average Bonchev–Trinajstić information content (AvgIpc) is 2.39. The normalized spacial score (nSPS) is 12.1. The lowest BCUT2D eigenvalue weighted by atomic mass is 10.2. The van der Waals surface area contributed by atoms with Gasteiger partial charge in [0.05, 0.1) is 7.11 Å². The lowest BCUT2D eigenvalue weighted by Crippen LogP contribution is -2.36. The summed E-state index contributed by atoms with van der Waals surface area (Å²) in [5.41, 5.74) is 0.825. The van der Waals surface area contributed by atoms with Crippen LogP contribution in [0.25, 0.3) is 0 Å². The van der Waals surface area contributed by atoms with Gasteiger partial charge in [-0.2, -0.15) is 11.8 Å². The predicted octanol–water partition coefficient (Wildman–Crippen LogP) is 0.781. The van der Waals surface area contributed by atoms with Crippen LogP contribution in [0.2, 0.25) is 0 Å². The molecule has 0 unspecified atom stereocenters. The Balaban J connectivity index is 2.47. The van der Waals surface area contributed by atoms with Crippen molar-refractivity contribution in [3.8, 4) is 6.01 Å². The van der Waals surface area contributed by atoms with E-state index in [0.29, 0.717) is 19.0 Å². The Labute approximate surface area is 110 Å². The van der Waals surface area contributed by atoms with Crippen LogP contribution in [0.4, 0.5) is 0 Å². The minimum Gasteiger partial charge on any atom is -0.480 e. The summed E-state index contributed by atoms with van der Waals surface area (Å²) in [6.07, 6.45) is 5.78. The summed E-state index contributed by atoms with van der Waals surface area (Å²) in [7, 11) is 1.50. The van der Waals surface area contributed by atoms with Crippen molar-refractivity contribution in [3.05, 3.63) is 18.0 Å². The first kappa shape index (κ1) is 14.7. The number of hydrogen-bond donors (Lipinski definition) is 2. The van der Waals surface area contributed by atoms with Crippen LogP contribution in [0.1, 0.15) is 12.0 Å². The highest BCUT2D eigenvalue weighted by Crippen LogP contribution is 2.04. The van der Waals surface area contributed by atoms with Crippen LogP contribution in [-0.4, -0.2) is 46.2 Å². The predicted molar refractivity (Wildman–Crippen MR) is 69.8 cm³/mol. The number of rotatable bonds is 8. The standard InChI is InChI=1S/C11H17N3O3S/c1-17-11-13-6-8(7-14-11)5-12-9(10(15)16)3-4-18-2/h6-7,9,12H,3-5H2,1-2H3,(H,15,16)/t9-/m0/s1. The molecular weight excluding hydrogens is 254 g/mol. The molecule has 0 spiro atoms. The Morgan fingerprint density at radius 1 is 1.56 bits per heavy atom. The van der Waals surface area contributed by atoms with E-state index in [-0.39, 0.29) is 0 Å². The molecule has 100 valence electrons. The lowest BCUT2D eigenvalue weighted by Gasteiger charge is -2.13. The van der Waals surface area contributed by atoms with Gasteiger partial charge in [-0.05, 0) is 18.4 Å². The zero-order valence-corrected chi connectivity index (χ0v) is 11.2. The number of nitrogens with zero attached hydrogens (tertiary/aromatic N) is 2. The Kier molecular flexibility index (Phi) is 6.45. The fraction of sp³-hybridized carbons (Fsp3) is 0.545. The molecule has 18 heavy (non-hydrogen) atoms. The fourth-order valence-electron chi connectivity index (χ4n) is 1.33. The SMILES string of the molecule is COc1ncc(CN[C@@H](CCSC)C(=O)O)cn1. The molecule has 0 saturated heterocycles. The Morgan fingerprint density at radius 3 is 2.72 bits per heavy atom. The molecular formula is C11H17N3O3S. The summed E-state index contributed by atoms with van der Waals surface area (Å²) in [6, 6.07) is -0.240. The lowest BCUT2D eigenvalue weighted by molar-refractivity contribution is -0.139. The summed E-state index contributed by atoms with van der Waals surface area (Å²) < 4.78 is 4.85. The largest absolute Gasteiger partial charge is 0.480 e. The number of nitrogens with one attached hydrogen (secondary N) is 1. The number of thioether (sulfide) groups is 1. The topological polar surface area (TPSA) is 84.3 Å². The summed E-state index contributed by atoms with van der Waals surface area (Å²) in [4.78, 5) is 18.9. The molecule has 1 atom stereocenters. The van der Waals surface area contributed by atoms with Crippen LogP contribution < -0.4 is 10.1 Å². The summed E-state index contributed by atoms with van der Waals surface area (Å²) >= 11 is 1.63. The maximum atomic E-state index is 11.0. The van der Waals surface area contributed by atoms with Crippen LogP contribution in [0.15, 0.2) is 12.4 Å². The molecule has 0 aliphatic rings. The highest BCUT2D eigenvalue weighted by Gasteiger charge is 2.15. The van der Waals surface area contributed by atoms with Gasteiger partial charge in [0.2, 0.25) is 0 Å². The third kappa shape index (κ3) is 4.89. The minimum absolute atomic E-state index is 0.302. The van der Waals surface area contributed by atoms with Gasteiger partial charge in [0.25, 0.3) is 0 Å². The molecule has 2 N–H and O–H groups in total. The van der Waals surface area contributed by atoms with Gasteiger partial charge in [-0.1, -0.05) is 0 Å². The van der Waals surface area contributed by atoms with E-state index in [1.165, 1.54) is 7.11 Å². The van der Waals surface area contributed by atoms with E-state index in [1.54, 1.807) is 24.2 Å². The first-order valence-electron chi connectivity index (χ1n) is 5.47. The second-order valence-electron chi connectivity index (χ2n) is 3.63. The monoisotopic (exact) mass is 271 g/mol. The number of carboxylic acid groups (broad SMARTS) is 1. The van der Waals surface area contributed by atoms with Crippen LogP contribution in [0.5, 0.6) is 6.01 Å². The van der Waals surface area contributed by atoms with E-state index < -0.39 is 12.0 Å². The van der Waals surface area contributed by atoms with E-state index in [0.717, 1.165) is 11.3 Å². The molecule has 0 bridgehead atoms. The van der Waals surface area contributed by atoms with Crippen molar-refractivity contribution in [2.24, 2.45) is 0 Å². The van der Waals surface area contributed by atoms with Gasteiger partial charge in [0.1, 0.15) is 6.04 Å². The van der Waals surface area contributed by atoms with Gasteiger partial charge in [-0.15, -0.1) is 0 Å². The number of ether oxygens (including phenoxy) is 1. The van der Waals surface area contributed by atoms with Gasteiger partial charge in [0.15, 0.2) is 0 Å². The van der Waals surface area contributed by atoms with E-state index in [1.807, 2.05) is 6.26 Å². The van der Waals surface area contributed by atoms with Crippen LogP contribution in [0, 0.1) is 0 Å². The van der Waals surface area contributed by atoms with E-state index in [2.05, 4.69) is 15.3 Å². The molecule has 0 aliphatic carbocycles.